The van der Waals surface area contributed by atoms with Gasteiger partial charge in [0.1, 0.15) is 5.70 Å². The average Bonchev–Trinajstić information content (AvgIpc) is 2.78. The van der Waals surface area contributed by atoms with Gasteiger partial charge in [0.15, 0.2) is 0 Å². The van der Waals surface area contributed by atoms with Crippen LogP contribution in [0.4, 0.5) is 17.1 Å². The highest BCUT2D eigenvalue weighted by Crippen LogP contribution is 2.41. The lowest BCUT2D eigenvalue weighted by molar-refractivity contribution is 1.19. The number of hydrogen-bond acceptors (Lipinski definition) is 2. The van der Waals surface area contributed by atoms with Gasteiger partial charge >= 0.3 is 0 Å². The number of para-hydroxylation sites is 2. The van der Waals surface area contributed by atoms with Crippen LogP contribution in [0.3, 0.4) is 0 Å². The van der Waals surface area contributed by atoms with Gasteiger partial charge in [-0.1, -0.05) is 66.7 Å². The molecule has 0 saturated carbocycles. The molecule has 0 N–H and O–H groups in total. The molecule has 0 amide bonds. The molecule has 4 aromatic carbocycles. The van der Waals surface area contributed by atoms with Crippen LogP contribution in [-0.2, 0) is 0 Å². The Hall–Kier alpha value is -3.14. The van der Waals surface area contributed by atoms with Crippen molar-refractivity contribution < 1.29 is 0 Å². The summed E-state index contributed by atoms with van der Waals surface area (Å²) in [6.07, 6.45) is 4.28. The first-order valence-electron chi connectivity index (χ1n) is 9.75. The number of benzene rings is 4. The highest BCUT2D eigenvalue weighted by atomic mass is 127. The second-order valence-corrected chi connectivity index (χ2v) is 7.12. The number of allylic oxidation sites excluding steroid dienone is 1. The quantitative estimate of drug-likeness (QED) is 0.202. The number of halogens is 1. The monoisotopic (exact) mass is 500 g/mol. The van der Waals surface area contributed by atoms with E-state index in [1.54, 1.807) is 0 Å². The topological polar surface area (TPSA) is 15.6 Å². The predicted molar refractivity (Wildman–Crippen MR) is 139 cm³/mol. The maximum absolute atomic E-state index is 4.59. The minimum absolute atomic E-state index is 0. The molecular formula is C27H21IN2. The highest BCUT2D eigenvalue weighted by Gasteiger charge is 2.22. The van der Waals surface area contributed by atoms with Crippen molar-refractivity contribution >= 4 is 63.8 Å². The van der Waals surface area contributed by atoms with E-state index in [0.717, 1.165) is 22.8 Å². The zero-order valence-corrected chi connectivity index (χ0v) is 18.9. The molecule has 0 unspecified atom stereocenters. The molecule has 0 radical (unpaired) electrons. The number of aliphatic imine (C=N–C) groups is 1. The number of aryl methyl sites for hydroxylation is 1. The molecule has 0 aliphatic carbocycles. The Morgan fingerprint density at radius 2 is 1.43 bits per heavy atom. The maximum Gasteiger partial charge on any atom is 0.109 e. The summed E-state index contributed by atoms with van der Waals surface area (Å²) >= 11 is 0. The minimum atomic E-state index is 0. The molecule has 0 fully saturated rings. The summed E-state index contributed by atoms with van der Waals surface area (Å²) in [7, 11) is 0. The summed E-state index contributed by atoms with van der Waals surface area (Å²) in [6, 6.07) is 31.3. The van der Waals surface area contributed by atoms with E-state index in [1.165, 1.54) is 21.9 Å². The van der Waals surface area contributed by atoms with Crippen molar-refractivity contribution in [3.05, 3.63) is 114 Å². The summed E-state index contributed by atoms with van der Waals surface area (Å²) in [6.45, 7) is 2.14. The van der Waals surface area contributed by atoms with E-state index in [2.05, 4.69) is 95.5 Å². The van der Waals surface area contributed by atoms with Gasteiger partial charge in [0.2, 0.25) is 0 Å². The first-order chi connectivity index (χ1) is 14.3. The summed E-state index contributed by atoms with van der Waals surface area (Å²) in [5, 5.41) is 2.49. The van der Waals surface area contributed by atoms with Crippen molar-refractivity contribution in [3.8, 4) is 0 Å². The Bertz CT molecular complexity index is 1300. The molecule has 4 aromatic rings. The molecule has 1 aliphatic heterocycles. The van der Waals surface area contributed by atoms with Gasteiger partial charge in [0.25, 0.3) is 0 Å². The van der Waals surface area contributed by atoms with Crippen molar-refractivity contribution in [1.82, 2.24) is 0 Å². The number of nitrogens with zero attached hydrogens (tertiary/aromatic N) is 2. The summed E-state index contributed by atoms with van der Waals surface area (Å²) < 4.78 is 0. The zero-order valence-electron chi connectivity index (χ0n) is 16.6. The van der Waals surface area contributed by atoms with Crippen LogP contribution in [0, 0.1) is 6.92 Å². The van der Waals surface area contributed by atoms with Crippen LogP contribution < -0.4 is 4.90 Å². The largest absolute Gasteiger partial charge is 0.302 e. The van der Waals surface area contributed by atoms with Crippen LogP contribution in [0.2, 0.25) is 0 Å². The van der Waals surface area contributed by atoms with Crippen molar-refractivity contribution in [2.24, 2.45) is 4.99 Å². The van der Waals surface area contributed by atoms with Crippen LogP contribution in [0.5, 0.6) is 0 Å². The number of hydrogen-bond donors (Lipinski definition) is 0. The maximum atomic E-state index is 4.59. The van der Waals surface area contributed by atoms with Gasteiger partial charge < -0.3 is 4.90 Å². The molecule has 0 saturated heterocycles. The molecule has 0 bridgehead atoms. The molecule has 1 heterocycles. The van der Waals surface area contributed by atoms with Crippen molar-refractivity contribution in [1.29, 1.82) is 0 Å². The first-order valence-corrected chi connectivity index (χ1v) is 9.75. The normalized spacial score (nSPS) is 12.2. The standard InChI is InChI=1S/C27H20N2.HI/c1-20-9-5-8-14-26(20)29-23(19-28-22-11-3-2-4-12-22)16-17-25-24-13-7-6-10-21(24)15-18-27(25)29;/h2-18H,1H3;1H. The first kappa shape index (κ1) is 20.1. The van der Waals surface area contributed by atoms with Crippen LogP contribution in [-0.4, -0.2) is 5.87 Å². The molecule has 5 rings (SSSR count). The van der Waals surface area contributed by atoms with Crippen molar-refractivity contribution in [2.75, 3.05) is 4.90 Å². The van der Waals surface area contributed by atoms with Crippen LogP contribution in [0.1, 0.15) is 11.1 Å². The fraction of sp³-hybridized carbons (Fsp3) is 0.0370. The molecule has 2 nitrogen and oxygen atoms in total. The summed E-state index contributed by atoms with van der Waals surface area (Å²) in [4.78, 5) is 6.84. The van der Waals surface area contributed by atoms with Gasteiger partial charge in [0.05, 0.1) is 11.4 Å². The van der Waals surface area contributed by atoms with Gasteiger partial charge in [-0.2, -0.15) is 0 Å². The fourth-order valence-corrected chi connectivity index (χ4v) is 3.81. The summed E-state index contributed by atoms with van der Waals surface area (Å²) in [5.74, 6) is 3.28. The Morgan fingerprint density at radius 1 is 0.700 bits per heavy atom. The highest BCUT2D eigenvalue weighted by molar-refractivity contribution is 14.0. The van der Waals surface area contributed by atoms with Gasteiger partial charge in [0, 0.05) is 17.1 Å². The lowest BCUT2D eigenvalue weighted by atomic mass is 9.97. The molecule has 30 heavy (non-hydrogen) atoms. The zero-order chi connectivity index (χ0) is 19.6. The molecule has 1 aliphatic rings. The van der Waals surface area contributed by atoms with Gasteiger partial charge in [-0.25, -0.2) is 4.99 Å². The Kier molecular flexibility index (Phi) is 5.84. The van der Waals surface area contributed by atoms with E-state index < -0.39 is 0 Å². The Labute approximate surface area is 193 Å². The number of anilines is 2. The summed E-state index contributed by atoms with van der Waals surface area (Å²) in [5.41, 5.74) is 6.52. The second kappa shape index (κ2) is 8.70. The predicted octanol–water partition coefficient (Wildman–Crippen LogP) is 7.82. The van der Waals surface area contributed by atoms with E-state index in [9.17, 15) is 0 Å². The SMILES string of the molecule is Cc1ccccc1N1C(=C=Nc2ccccc2)C=Cc2c1ccc1ccccc21.I. The van der Waals surface area contributed by atoms with Crippen molar-refractivity contribution in [3.63, 3.8) is 0 Å². The van der Waals surface area contributed by atoms with E-state index in [4.69, 9.17) is 0 Å². The molecular weight excluding hydrogens is 479 g/mol. The number of rotatable bonds is 2. The molecule has 146 valence electrons. The second-order valence-electron chi connectivity index (χ2n) is 7.12. The van der Waals surface area contributed by atoms with E-state index >= 15 is 0 Å². The van der Waals surface area contributed by atoms with Crippen molar-refractivity contribution in [2.45, 2.75) is 6.92 Å². The average molecular weight is 500 g/mol. The van der Waals surface area contributed by atoms with Crippen LogP contribution in [0.25, 0.3) is 16.8 Å². The van der Waals surface area contributed by atoms with Crippen LogP contribution in [0.15, 0.2) is 108 Å². The van der Waals surface area contributed by atoms with Gasteiger partial charge in [-0.15, -0.1) is 24.0 Å². The lowest BCUT2D eigenvalue weighted by Crippen LogP contribution is -2.20. The molecule has 0 aromatic heterocycles. The van der Waals surface area contributed by atoms with E-state index in [1.807, 2.05) is 30.3 Å². The third-order valence-electron chi connectivity index (χ3n) is 5.25. The fourth-order valence-electron chi connectivity index (χ4n) is 3.81. The third-order valence-corrected chi connectivity index (χ3v) is 5.25. The van der Waals surface area contributed by atoms with E-state index in [0.29, 0.717) is 0 Å². The smallest absolute Gasteiger partial charge is 0.109 e. The Morgan fingerprint density at radius 3 is 2.27 bits per heavy atom. The van der Waals surface area contributed by atoms with Gasteiger partial charge in [-0.05, 0) is 59.7 Å². The molecule has 3 heteroatoms. The lowest BCUT2D eigenvalue weighted by Gasteiger charge is -2.31. The molecule has 0 atom stereocenters. The number of fused-ring (bicyclic) bond motifs is 3. The van der Waals surface area contributed by atoms with Gasteiger partial charge in [-0.3, -0.25) is 0 Å². The third kappa shape index (κ3) is 3.70. The van der Waals surface area contributed by atoms with Crippen LogP contribution >= 0.6 is 24.0 Å². The molecule has 0 spiro atoms. The minimum Gasteiger partial charge on any atom is -0.302 e. The van der Waals surface area contributed by atoms with E-state index in [-0.39, 0.29) is 24.0 Å². The Balaban J connectivity index is 0.00000218.